The van der Waals surface area contributed by atoms with Crippen LogP contribution in [0.2, 0.25) is 0 Å². The SMILES string of the molecule is COc1ccc(CC(=O)N(C)Cc2ccc(OC)c(OC)c2OC)cc1. The molecule has 0 bridgehead atoms. The van der Waals surface area contributed by atoms with Gasteiger partial charge in [-0.15, -0.1) is 0 Å². The Morgan fingerprint density at radius 1 is 0.846 bits per heavy atom. The average molecular weight is 359 g/mol. The molecule has 1 amide bonds. The van der Waals surface area contributed by atoms with Crippen LogP contribution >= 0.6 is 0 Å². The maximum Gasteiger partial charge on any atom is 0.227 e. The Morgan fingerprint density at radius 3 is 2.04 bits per heavy atom. The number of amides is 1. The van der Waals surface area contributed by atoms with Crippen LogP contribution < -0.4 is 18.9 Å². The number of carbonyl (C=O) groups is 1. The Hall–Kier alpha value is -2.89. The summed E-state index contributed by atoms with van der Waals surface area (Å²) in [5, 5.41) is 0. The van der Waals surface area contributed by atoms with Crippen LogP contribution in [0.5, 0.6) is 23.0 Å². The zero-order valence-electron chi connectivity index (χ0n) is 15.9. The Bertz CT molecular complexity index is 743. The van der Waals surface area contributed by atoms with Crippen LogP contribution in [-0.4, -0.2) is 46.3 Å². The summed E-state index contributed by atoms with van der Waals surface area (Å²) in [5.41, 5.74) is 1.78. The molecule has 0 aliphatic heterocycles. The van der Waals surface area contributed by atoms with Gasteiger partial charge in [-0.05, 0) is 29.8 Å². The second kappa shape index (κ2) is 8.99. The number of nitrogens with zero attached hydrogens (tertiary/aromatic N) is 1. The molecule has 0 spiro atoms. The molecule has 0 saturated heterocycles. The molecule has 0 atom stereocenters. The lowest BCUT2D eigenvalue weighted by Crippen LogP contribution is -2.28. The van der Waals surface area contributed by atoms with Crippen molar-refractivity contribution in [2.45, 2.75) is 13.0 Å². The average Bonchev–Trinajstić information content (AvgIpc) is 2.67. The normalized spacial score (nSPS) is 10.2. The van der Waals surface area contributed by atoms with Crippen LogP contribution in [0.4, 0.5) is 0 Å². The summed E-state index contributed by atoms with van der Waals surface area (Å²) >= 11 is 0. The third-order valence-corrected chi connectivity index (χ3v) is 4.13. The van der Waals surface area contributed by atoms with Gasteiger partial charge in [0.15, 0.2) is 11.5 Å². The van der Waals surface area contributed by atoms with Gasteiger partial charge >= 0.3 is 0 Å². The predicted octanol–water partition coefficient (Wildman–Crippen LogP) is 2.92. The highest BCUT2D eigenvalue weighted by atomic mass is 16.5. The minimum Gasteiger partial charge on any atom is -0.497 e. The van der Waals surface area contributed by atoms with Gasteiger partial charge < -0.3 is 23.8 Å². The second-order valence-corrected chi connectivity index (χ2v) is 5.77. The van der Waals surface area contributed by atoms with Crippen LogP contribution in [-0.2, 0) is 17.8 Å². The second-order valence-electron chi connectivity index (χ2n) is 5.77. The standard InChI is InChI=1S/C20H25NO5/c1-21(18(22)12-14-6-9-16(23-2)10-7-14)13-15-8-11-17(24-3)20(26-5)19(15)25-4/h6-11H,12-13H2,1-5H3. The lowest BCUT2D eigenvalue weighted by atomic mass is 10.1. The van der Waals surface area contributed by atoms with Crippen molar-refractivity contribution in [1.82, 2.24) is 4.90 Å². The Balaban J connectivity index is 2.12. The van der Waals surface area contributed by atoms with Crippen LogP contribution in [0.3, 0.4) is 0 Å². The van der Waals surface area contributed by atoms with Crippen molar-refractivity contribution in [2.75, 3.05) is 35.5 Å². The van der Waals surface area contributed by atoms with Crippen molar-refractivity contribution >= 4 is 5.91 Å². The van der Waals surface area contributed by atoms with Crippen LogP contribution in [0.1, 0.15) is 11.1 Å². The fraction of sp³-hybridized carbons (Fsp3) is 0.350. The van der Waals surface area contributed by atoms with Gasteiger partial charge in [-0.1, -0.05) is 12.1 Å². The number of ether oxygens (including phenoxy) is 4. The van der Waals surface area contributed by atoms with E-state index in [0.717, 1.165) is 16.9 Å². The number of likely N-dealkylation sites (N-methyl/N-ethyl adjacent to an activating group) is 1. The summed E-state index contributed by atoms with van der Waals surface area (Å²) in [6.45, 7) is 0.401. The van der Waals surface area contributed by atoms with E-state index in [-0.39, 0.29) is 5.91 Å². The van der Waals surface area contributed by atoms with Gasteiger partial charge in [0, 0.05) is 19.2 Å². The minimum absolute atomic E-state index is 0.00649. The monoisotopic (exact) mass is 359 g/mol. The Labute approximate surface area is 154 Å². The van der Waals surface area contributed by atoms with Gasteiger partial charge in [-0.3, -0.25) is 4.79 Å². The van der Waals surface area contributed by atoms with Gasteiger partial charge in [0.2, 0.25) is 11.7 Å². The third-order valence-electron chi connectivity index (χ3n) is 4.13. The predicted molar refractivity (Wildman–Crippen MR) is 99.3 cm³/mol. The molecule has 0 radical (unpaired) electrons. The molecule has 2 rings (SSSR count). The number of methoxy groups -OCH3 is 4. The van der Waals surface area contributed by atoms with Gasteiger partial charge in [-0.2, -0.15) is 0 Å². The molecule has 0 aliphatic rings. The highest BCUT2D eigenvalue weighted by Crippen LogP contribution is 2.40. The van der Waals surface area contributed by atoms with E-state index in [4.69, 9.17) is 18.9 Å². The van der Waals surface area contributed by atoms with Crippen LogP contribution in [0, 0.1) is 0 Å². The first kappa shape index (κ1) is 19.4. The maximum atomic E-state index is 12.5. The zero-order valence-corrected chi connectivity index (χ0v) is 15.9. The van der Waals surface area contributed by atoms with Gasteiger partial charge in [0.1, 0.15) is 5.75 Å². The molecule has 0 unspecified atom stereocenters. The fourth-order valence-electron chi connectivity index (χ4n) is 2.68. The number of hydrogen-bond acceptors (Lipinski definition) is 5. The van der Waals surface area contributed by atoms with Crippen molar-refractivity contribution in [1.29, 1.82) is 0 Å². The van der Waals surface area contributed by atoms with Crippen molar-refractivity contribution in [3.05, 3.63) is 47.5 Å². The summed E-state index contributed by atoms with van der Waals surface area (Å²) in [7, 11) is 8.08. The summed E-state index contributed by atoms with van der Waals surface area (Å²) in [4.78, 5) is 14.2. The van der Waals surface area contributed by atoms with E-state index in [2.05, 4.69) is 0 Å². The Morgan fingerprint density at radius 2 is 1.50 bits per heavy atom. The molecule has 0 saturated carbocycles. The smallest absolute Gasteiger partial charge is 0.227 e. The molecule has 26 heavy (non-hydrogen) atoms. The molecule has 0 N–H and O–H groups in total. The summed E-state index contributed by atoms with van der Waals surface area (Å²) < 4.78 is 21.3. The number of rotatable bonds is 8. The topological polar surface area (TPSA) is 57.2 Å². The molecule has 6 heteroatoms. The largest absolute Gasteiger partial charge is 0.497 e. The molecule has 0 fully saturated rings. The molecular weight excluding hydrogens is 334 g/mol. The lowest BCUT2D eigenvalue weighted by Gasteiger charge is -2.21. The van der Waals surface area contributed by atoms with E-state index < -0.39 is 0 Å². The molecular formula is C20H25NO5. The number of carbonyl (C=O) groups excluding carboxylic acids is 1. The molecule has 6 nitrogen and oxygen atoms in total. The van der Waals surface area contributed by atoms with Crippen molar-refractivity contribution in [3.8, 4) is 23.0 Å². The molecule has 2 aromatic carbocycles. The van der Waals surface area contributed by atoms with Gasteiger partial charge in [-0.25, -0.2) is 0 Å². The first-order chi connectivity index (χ1) is 12.5. The van der Waals surface area contributed by atoms with Crippen LogP contribution in [0.25, 0.3) is 0 Å². The third kappa shape index (κ3) is 4.39. The van der Waals surface area contributed by atoms with E-state index in [1.165, 1.54) is 0 Å². The lowest BCUT2D eigenvalue weighted by molar-refractivity contribution is -0.129. The van der Waals surface area contributed by atoms with Gasteiger partial charge in [0.25, 0.3) is 0 Å². The highest BCUT2D eigenvalue weighted by molar-refractivity contribution is 5.78. The molecule has 0 heterocycles. The summed E-state index contributed by atoms with van der Waals surface area (Å²) in [6.07, 6.45) is 0.316. The van der Waals surface area contributed by atoms with E-state index in [9.17, 15) is 4.79 Å². The molecule has 0 aliphatic carbocycles. The maximum absolute atomic E-state index is 12.5. The van der Waals surface area contributed by atoms with E-state index in [1.54, 1.807) is 46.5 Å². The number of hydrogen-bond donors (Lipinski definition) is 0. The van der Waals surface area contributed by atoms with Gasteiger partial charge in [0.05, 0.1) is 34.9 Å². The Kier molecular flexibility index (Phi) is 6.72. The zero-order chi connectivity index (χ0) is 19.1. The van der Waals surface area contributed by atoms with Crippen molar-refractivity contribution in [2.24, 2.45) is 0 Å². The first-order valence-corrected chi connectivity index (χ1v) is 8.18. The molecule has 0 aromatic heterocycles. The van der Waals surface area contributed by atoms with E-state index in [0.29, 0.717) is 30.2 Å². The van der Waals surface area contributed by atoms with E-state index >= 15 is 0 Å². The van der Waals surface area contributed by atoms with Crippen molar-refractivity contribution in [3.63, 3.8) is 0 Å². The first-order valence-electron chi connectivity index (χ1n) is 8.18. The minimum atomic E-state index is 0.00649. The fourth-order valence-corrected chi connectivity index (χ4v) is 2.68. The summed E-state index contributed by atoms with van der Waals surface area (Å²) in [5.74, 6) is 2.44. The summed E-state index contributed by atoms with van der Waals surface area (Å²) in [6, 6.07) is 11.2. The van der Waals surface area contributed by atoms with E-state index in [1.807, 2.05) is 30.3 Å². The molecule has 140 valence electrons. The number of benzene rings is 2. The van der Waals surface area contributed by atoms with Crippen molar-refractivity contribution < 1.29 is 23.7 Å². The molecule has 2 aromatic rings. The highest BCUT2D eigenvalue weighted by Gasteiger charge is 2.18. The van der Waals surface area contributed by atoms with Crippen LogP contribution in [0.15, 0.2) is 36.4 Å². The quantitative estimate of drug-likeness (QED) is 0.725.